The van der Waals surface area contributed by atoms with E-state index in [-0.39, 0.29) is 23.4 Å². The molecule has 2 fully saturated rings. The fourth-order valence-corrected chi connectivity index (χ4v) is 4.31. The Bertz CT molecular complexity index is 762. The highest BCUT2D eigenvalue weighted by molar-refractivity contribution is 5.35. The molecule has 4 unspecified atom stereocenters. The van der Waals surface area contributed by atoms with Crippen molar-refractivity contribution in [3.8, 4) is 0 Å². The monoisotopic (exact) mass is 366 g/mol. The van der Waals surface area contributed by atoms with E-state index in [0.717, 1.165) is 0 Å². The second-order valence-corrected chi connectivity index (χ2v) is 8.96. The summed E-state index contributed by atoms with van der Waals surface area (Å²) in [5.41, 5.74) is 7.14. The van der Waals surface area contributed by atoms with Crippen LogP contribution in [-0.2, 0) is 14.2 Å². The van der Waals surface area contributed by atoms with Crippen LogP contribution in [0.15, 0.2) is 36.4 Å². The Morgan fingerprint density at radius 2 is 1.00 bits per heavy atom. The lowest BCUT2D eigenvalue weighted by Gasteiger charge is -2.12. The molecule has 2 heterocycles. The first-order valence-corrected chi connectivity index (χ1v) is 9.78. The summed E-state index contributed by atoms with van der Waals surface area (Å²) in [6.07, 6.45) is 0.249. The van der Waals surface area contributed by atoms with Crippen LogP contribution in [0.25, 0.3) is 0 Å². The van der Waals surface area contributed by atoms with Crippen molar-refractivity contribution >= 4 is 0 Å². The van der Waals surface area contributed by atoms with E-state index < -0.39 is 0 Å². The minimum absolute atomic E-state index is 0.124. The van der Waals surface area contributed by atoms with Crippen LogP contribution in [0.3, 0.4) is 0 Å². The molecule has 0 bridgehead atoms. The molecule has 3 heteroatoms. The van der Waals surface area contributed by atoms with Crippen LogP contribution >= 0.6 is 0 Å². The van der Waals surface area contributed by atoms with Crippen molar-refractivity contribution in [1.29, 1.82) is 0 Å². The van der Waals surface area contributed by atoms with Crippen LogP contribution in [0.1, 0.15) is 59.4 Å². The van der Waals surface area contributed by atoms with Crippen molar-refractivity contribution in [2.24, 2.45) is 0 Å². The second kappa shape index (κ2) is 6.44. The summed E-state index contributed by atoms with van der Waals surface area (Å²) in [5, 5.41) is 0. The standard InChI is InChI=1S/C24H30O3/c1-15-7-16(2)10-19(9-15)21-23(5,26-21)13-25-14-24(6)22(27-24)20-11-17(3)8-18(4)12-20/h7-12,21-22H,13-14H2,1-6H3. The minimum atomic E-state index is -0.235. The van der Waals surface area contributed by atoms with Gasteiger partial charge in [0.15, 0.2) is 0 Å². The van der Waals surface area contributed by atoms with E-state index in [1.807, 2.05) is 0 Å². The highest BCUT2D eigenvalue weighted by Crippen LogP contribution is 2.52. The number of hydrogen-bond acceptors (Lipinski definition) is 3. The van der Waals surface area contributed by atoms with Gasteiger partial charge in [-0.25, -0.2) is 0 Å². The van der Waals surface area contributed by atoms with E-state index >= 15 is 0 Å². The van der Waals surface area contributed by atoms with Crippen molar-refractivity contribution in [1.82, 2.24) is 0 Å². The minimum Gasteiger partial charge on any atom is -0.375 e. The first-order valence-electron chi connectivity index (χ1n) is 9.78. The molecule has 0 spiro atoms. The second-order valence-electron chi connectivity index (χ2n) is 8.96. The summed E-state index contributed by atoms with van der Waals surface area (Å²) in [6, 6.07) is 13.2. The van der Waals surface area contributed by atoms with E-state index in [9.17, 15) is 0 Å². The van der Waals surface area contributed by atoms with E-state index in [4.69, 9.17) is 14.2 Å². The van der Waals surface area contributed by atoms with Gasteiger partial charge in [-0.3, -0.25) is 0 Å². The summed E-state index contributed by atoms with van der Waals surface area (Å²) >= 11 is 0. The lowest BCUT2D eigenvalue weighted by molar-refractivity contribution is 0.0520. The Hall–Kier alpha value is -1.68. The van der Waals surface area contributed by atoms with Gasteiger partial charge in [0, 0.05) is 0 Å². The summed E-state index contributed by atoms with van der Waals surface area (Å²) in [5.74, 6) is 0. The number of hydrogen-bond donors (Lipinski definition) is 0. The summed E-state index contributed by atoms with van der Waals surface area (Å²) in [4.78, 5) is 0. The summed E-state index contributed by atoms with van der Waals surface area (Å²) in [6.45, 7) is 14.0. The maximum Gasteiger partial charge on any atom is 0.120 e. The highest BCUT2D eigenvalue weighted by Gasteiger charge is 2.56. The zero-order valence-electron chi connectivity index (χ0n) is 17.3. The third kappa shape index (κ3) is 3.82. The molecule has 2 saturated heterocycles. The molecule has 2 aromatic rings. The summed E-state index contributed by atoms with van der Waals surface area (Å²) < 4.78 is 18.1. The molecule has 4 rings (SSSR count). The van der Waals surface area contributed by atoms with E-state index in [1.54, 1.807) is 0 Å². The van der Waals surface area contributed by atoms with Crippen molar-refractivity contribution < 1.29 is 14.2 Å². The smallest absolute Gasteiger partial charge is 0.120 e. The fraction of sp³-hybridized carbons (Fsp3) is 0.500. The molecule has 2 aliphatic heterocycles. The Morgan fingerprint density at radius 1 is 0.667 bits per heavy atom. The molecule has 2 aromatic carbocycles. The van der Waals surface area contributed by atoms with Gasteiger partial charge in [0.2, 0.25) is 0 Å². The first kappa shape index (κ1) is 18.7. The van der Waals surface area contributed by atoms with Gasteiger partial charge in [0.05, 0.1) is 13.2 Å². The molecule has 27 heavy (non-hydrogen) atoms. The van der Waals surface area contributed by atoms with Crippen molar-refractivity contribution in [3.63, 3.8) is 0 Å². The quantitative estimate of drug-likeness (QED) is 0.651. The largest absolute Gasteiger partial charge is 0.375 e. The normalized spacial score (nSPS) is 31.8. The molecule has 4 atom stereocenters. The number of rotatable bonds is 6. The van der Waals surface area contributed by atoms with E-state index in [1.165, 1.54) is 33.4 Å². The van der Waals surface area contributed by atoms with Crippen LogP contribution in [0, 0.1) is 27.7 Å². The van der Waals surface area contributed by atoms with Crippen LogP contribution in [0.4, 0.5) is 0 Å². The predicted octanol–water partition coefficient (Wildman–Crippen LogP) is 5.30. The molecule has 0 radical (unpaired) electrons. The van der Waals surface area contributed by atoms with Crippen molar-refractivity contribution in [2.75, 3.05) is 13.2 Å². The lowest BCUT2D eigenvalue weighted by Crippen LogP contribution is -2.23. The molecule has 0 N–H and O–H groups in total. The molecule has 0 amide bonds. The molecule has 144 valence electrons. The molecule has 3 nitrogen and oxygen atoms in total. The summed E-state index contributed by atoms with van der Waals surface area (Å²) in [7, 11) is 0. The lowest BCUT2D eigenvalue weighted by atomic mass is 9.98. The third-order valence-electron chi connectivity index (χ3n) is 5.64. The van der Waals surface area contributed by atoms with Gasteiger partial charge in [-0.15, -0.1) is 0 Å². The number of epoxide rings is 2. The highest BCUT2D eigenvalue weighted by atomic mass is 16.7. The van der Waals surface area contributed by atoms with E-state index in [2.05, 4.69) is 77.9 Å². The van der Waals surface area contributed by atoms with Crippen molar-refractivity contribution in [3.05, 3.63) is 69.8 Å². The van der Waals surface area contributed by atoms with Gasteiger partial charge >= 0.3 is 0 Å². The van der Waals surface area contributed by atoms with Gasteiger partial charge in [0.25, 0.3) is 0 Å². The molecule has 0 aliphatic carbocycles. The fourth-order valence-electron chi connectivity index (χ4n) is 4.31. The molecule has 0 saturated carbocycles. The number of benzene rings is 2. The molecule has 2 aliphatic rings. The van der Waals surface area contributed by atoms with Crippen LogP contribution < -0.4 is 0 Å². The van der Waals surface area contributed by atoms with Crippen molar-refractivity contribution in [2.45, 2.75) is 65.0 Å². The van der Waals surface area contributed by atoms with Crippen LogP contribution in [0.5, 0.6) is 0 Å². The predicted molar refractivity (Wildman–Crippen MR) is 107 cm³/mol. The Balaban J connectivity index is 1.33. The van der Waals surface area contributed by atoms with E-state index in [0.29, 0.717) is 13.2 Å². The van der Waals surface area contributed by atoms with Gasteiger partial charge in [-0.1, -0.05) is 58.7 Å². The van der Waals surface area contributed by atoms with Gasteiger partial charge in [-0.05, 0) is 52.7 Å². The maximum atomic E-state index is 6.06. The average molecular weight is 367 g/mol. The molecular formula is C24H30O3. The molecular weight excluding hydrogens is 336 g/mol. The SMILES string of the molecule is Cc1cc(C)cc(C2OC2(C)COCC2(C)OC2c2cc(C)cc(C)c2)c1. The van der Waals surface area contributed by atoms with Gasteiger partial charge in [-0.2, -0.15) is 0 Å². The first-order chi connectivity index (χ1) is 12.7. The number of ether oxygens (including phenoxy) is 3. The Labute approximate surface area is 162 Å². The van der Waals surface area contributed by atoms with Crippen LogP contribution in [0.2, 0.25) is 0 Å². The molecule has 0 aromatic heterocycles. The number of aryl methyl sites for hydroxylation is 4. The Morgan fingerprint density at radius 3 is 1.33 bits per heavy atom. The maximum absolute atomic E-state index is 6.06. The Kier molecular flexibility index (Phi) is 4.45. The van der Waals surface area contributed by atoms with Crippen LogP contribution in [-0.4, -0.2) is 24.4 Å². The van der Waals surface area contributed by atoms with Gasteiger partial charge in [0.1, 0.15) is 23.4 Å². The third-order valence-corrected chi connectivity index (χ3v) is 5.64. The average Bonchev–Trinajstić information content (AvgIpc) is 3.41. The zero-order valence-corrected chi connectivity index (χ0v) is 17.3. The topological polar surface area (TPSA) is 34.3 Å². The zero-order chi connectivity index (χ0) is 19.4. The van der Waals surface area contributed by atoms with Gasteiger partial charge < -0.3 is 14.2 Å².